The van der Waals surface area contributed by atoms with Crippen molar-refractivity contribution >= 4 is 0 Å². The number of hydrogen-bond acceptors (Lipinski definition) is 4. The van der Waals surface area contributed by atoms with E-state index in [0.717, 1.165) is 11.3 Å². The van der Waals surface area contributed by atoms with Gasteiger partial charge in [0.1, 0.15) is 5.76 Å². The van der Waals surface area contributed by atoms with Gasteiger partial charge in [0.25, 0.3) is 0 Å². The zero-order chi connectivity index (χ0) is 9.26. The fraction of sp³-hybridized carbons (Fsp3) is 0.556. The van der Waals surface area contributed by atoms with E-state index >= 15 is 0 Å². The highest BCUT2D eigenvalue weighted by Crippen LogP contribution is 2.27. The maximum atomic E-state index is 8.93. The normalized spacial score (nSPS) is 18.3. The summed E-state index contributed by atoms with van der Waals surface area (Å²) < 4.78 is 15.9. The summed E-state index contributed by atoms with van der Waals surface area (Å²) in [5.74, 6) is 1.36. The van der Waals surface area contributed by atoms with Gasteiger partial charge in [0.05, 0.1) is 19.8 Å². The second kappa shape index (κ2) is 3.49. The molecule has 13 heavy (non-hydrogen) atoms. The zero-order valence-corrected chi connectivity index (χ0v) is 7.45. The summed E-state index contributed by atoms with van der Waals surface area (Å²) in [6, 6.07) is 1.77. The molecule has 0 saturated carbocycles. The molecule has 72 valence electrons. The topological polar surface area (TPSA) is 51.8 Å². The number of aryl methyl sites for hydroxylation is 1. The minimum Gasteiger partial charge on any atom is -0.461 e. The average Bonchev–Trinajstić information content (AvgIpc) is 2.71. The predicted octanol–water partition coefficient (Wildman–Crippen LogP) is 1.13. The minimum absolute atomic E-state index is 0.0119. The van der Waals surface area contributed by atoms with Crippen molar-refractivity contribution in [1.29, 1.82) is 0 Å². The molecule has 0 spiro atoms. The van der Waals surface area contributed by atoms with E-state index in [-0.39, 0.29) is 12.9 Å². The third-order valence-corrected chi connectivity index (χ3v) is 2.06. The summed E-state index contributed by atoms with van der Waals surface area (Å²) in [6.45, 7) is 2.99. The zero-order valence-electron chi connectivity index (χ0n) is 7.45. The van der Waals surface area contributed by atoms with Crippen LogP contribution in [0.2, 0.25) is 0 Å². The van der Waals surface area contributed by atoms with Crippen LogP contribution in [-0.4, -0.2) is 18.3 Å². The van der Waals surface area contributed by atoms with Crippen molar-refractivity contribution in [1.82, 2.24) is 0 Å². The van der Waals surface area contributed by atoms with Crippen LogP contribution in [0.25, 0.3) is 0 Å². The molecule has 1 aromatic rings. The van der Waals surface area contributed by atoms with Gasteiger partial charge in [-0.3, -0.25) is 0 Å². The molecule has 1 aromatic heterocycles. The van der Waals surface area contributed by atoms with Gasteiger partial charge in [-0.25, -0.2) is 0 Å². The van der Waals surface area contributed by atoms with Gasteiger partial charge in [-0.1, -0.05) is 0 Å². The Morgan fingerprint density at radius 3 is 2.69 bits per heavy atom. The van der Waals surface area contributed by atoms with Crippen molar-refractivity contribution in [2.24, 2.45) is 0 Å². The molecule has 0 unspecified atom stereocenters. The van der Waals surface area contributed by atoms with Gasteiger partial charge in [-0.05, 0) is 13.0 Å². The van der Waals surface area contributed by atoms with E-state index < -0.39 is 0 Å². The second-order valence-corrected chi connectivity index (χ2v) is 2.96. The van der Waals surface area contributed by atoms with Gasteiger partial charge in [0.15, 0.2) is 5.76 Å². The number of ether oxygens (including phenoxy) is 2. The summed E-state index contributed by atoms with van der Waals surface area (Å²) in [6.07, 6.45) is -0.390. The highest BCUT2D eigenvalue weighted by atomic mass is 16.7. The lowest BCUT2D eigenvalue weighted by Crippen LogP contribution is -1.95. The van der Waals surface area contributed by atoms with E-state index in [1.165, 1.54) is 0 Å². The van der Waals surface area contributed by atoms with E-state index in [1.54, 1.807) is 6.07 Å². The van der Waals surface area contributed by atoms with Crippen LogP contribution in [0.5, 0.6) is 0 Å². The van der Waals surface area contributed by atoms with Crippen molar-refractivity contribution in [3.63, 3.8) is 0 Å². The van der Waals surface area contributed by atoms with Crippen LogP contribution in [-0.2, 0) is 16.1 Å². The van der Waals surface area contributed by atoms with Crippen LogP contribution < -0.4 is 0 Å². The fourth-order valence-corrected chi connectivity index (χ4v) is 1.34. The maximum absolute atomic E-state index is 8.93. The first-order valence-corrected chi connectivity index (χ1v) is 4.24. The van der Waals surface area contributed by atoms with Crippen molar-refractivity contribution in [3.8, 4) is 0 Å². The molecular weight excluding hydrogens is 172 g/mol. The predicted molar refractivity (Wildman–Crippen MR) is 44.0 cm³/mol. The number of furan rings is 1. The molecule has 0 atom stereocenters. The Balaban J connectivity index is 2.20. The van der Waals surface area contributed by atoms with Crippen molar-refractivity contribution in [2.75, 3.05) is 13.2 Å². The molecule has 1 fully saturated rings. The summed E-state index contributed by atoms with van der Waals surface area (Å²) in [5.41, 5.74) is 0.786. The van der Waals surface area contributed by atoms with Gasteiger partial charge in [-0.2, -0.15) is 0 Å². The molecule has 0 amide bonds. The summed E-state index contributed by atoms with van der Waals surface area (Å²) in [5, 5.41) is 8.93. The lowest BCUT2D eigenvalue weighted by molar-refractivity contribution is -0.0592. The Kier molecular flexibility index (Phi) is 2.35. The van der Waals surface area contributed by atoms with Gasteiger partial charge >= 0.3 is 0 Å². The maximum Gasteiger partial charge on any atom is 0.217 e. The Bertz CT molecular complexity index is 286. The van der Waals surface area contributed by atoms with Crippen LogP contribution in [0.3, 0.4) is 0 Å². The SMILES string of the molecule is Cc1oc(C2OCCO2)cc1CO. The van der Waals surface area contributed by atoms with Crippen LogP contribution >= 0.6 is 0 Å². The van der Waals surface area contributed by atoms with E-state index in [0.29, 0.717) is 19.0 Å². The molecule has 1 N–H and O–H groups in total. The third-order valence-electron chi connectivity index (χ3n) is 2.06. The number of hydrogen-bond donors (Lipinski definition) is 1. The molecule has 0 radical (unpaired) electrons. The Morgan fingerprint density at radius 2 is 2.15 bits per heavy atom. The van der Waals surface area contributed by atoms with Crippen LogP contribution in [0.4, 0.5) is 0 Å². The Hall–Kier alpha value is -0.840. The van der Waals surface area contributed by atoms with Gasteiger partial charge in [0, 0.05) is 5.56 Å². The van der Waals surface area contributed by atoms with E-state index in [9.17, 15) is 0 Å². The van der Waals surface area contributed by atoms with E-state index in [1.807, 2.05) is 6.92 Å². The van der Waals surface area contributed by atoms with Crippen molar-refractivity contribution in [2.45, 2.75) is 19.8 Å². The summed E-state index contributed by atoms with van der Waals surface area (Å²) >= 11 is 0. The highest BCUT2D eigenvalue weighted by molar-refractivity contribution is 5.20. The van der Waals surface area contributed by atoms with E-state index in [4.69, 9.17) is 19.0 Å². The van der Waals surface area contributed by atoms with E-state index in [2.05, 4.69) is 0 Å². The second-order valence-electron chi connectivity index (χ2n) is 2.96. The molecule has 4 heteroatoms. The van der Waals surface area contributed by atoms with Crippen LogP contribution in [0.15, 0.2) is 10.5 Å². The molecule has 1 saturated heterocycles. The molecular formula is C9H12O4. The fourth-order valence-electron chi connectivity index (χ4n) is 1.34. The van der Waals surface area contributed by atoms with Crippen molar-refractivity contribution < 1.29 is 19.0 Å². The summed E-state index contributed by atoms with van der Waals surface area (Å²) in [7, 11) is 0. The van der Waals surface area contributed by atoms with Crippen LogP contribution in [0, 0.1) is 6.92 Å². The number of aliphatic hydroxyl groups is 1. The first-order valence-electron chi connectivity index (χ1n) is 4.24. The standard InChI is InChI=1S/C9H12O4/c1-6-7(5-10)4-8(13-6)9-11-2-3-12-9/h4,9-10H,2-3,5H2,1H3. The highest BCUT2D eigenvalue weighted by Gasteiger charge is 2.22. The molecule has 1 aliphatic rings. The molecule has 0 bridgehead atoms. The van der Waals surface area contributed by atoms with Gasteiger partial charge in [-0.15, -0.1) is 0 Å². The lowest BCUT2D eigenvalue weighted by atomic mass is 10.2. The van der Waals surface area contributed by atoms with Crippen molar-refractivity contribution in [3.05, 3.63) is 23.2 Å². The average molecular weight is 184 g/mol. The monoisotopic (exact) mass is 184 g/mol. The number of aliphatic hydroxyl groups excluding tert-OH is 1. The molecule has 0 aromatic carbocycles. The lowest BCUT2D eigenvalue weighted by Gasteiger charge is -2.03. The molecule has 0 aliphatic carbocycles. The van der Waals surface area contributed by atoms with Gasteiger partial charge in [0.2, 0.25) is 6.29 Å². The minimum atomic E-state index is -0.390. The Labute approximate surface area is 76.1 Å². The largest absolute Gasteiger partial charge is 0.461 e. The molecule has 2 rings (SSSR count). The molecule has 4 nitrogen and oxygen atoms in total. The first-order chi connectivity index (χ1) is 6.31. The van der Waals surface area contributed by atoms with Crippen LogP contribution in [0.1, 0.15) is 23.4 Å². The molecule has 1 aliphatic heterocycles. The Morgan fingerprint density at radius 1 is 1.46 bits per heavy atom. The smallest absolute Gasteiger partial charge is 0.217 e. The van der Waals surface area contributed by atoms with Gasteiger partial charge < -0.3 is 19.0 Å². The molecule has 2 heterocycles. The first kappa shape index (κ1) is 8.74. The quantitative estimate of drug-likeness (QED) is 0.748. The summed E-state index contributed by atoms with van der Waals surface area (Å²) in [4.78, 5) is 0. The number of rotatable bonds is 2. The third kappa shape index (κ3) is 1.60.